The number of anilines is 2. The molecule has 1 atom stereocenters. The number of fused-ring (bicyclic) bond motifs is 1. The number of ether oxygens (including phenoxy) is 3. The molecule has 0 bridgehead atoms. The second kappa shape index (κ2) is 7.67. The molecular formula is C19H25N5O4. The first-order valence-electron chi connectivity index (χ1n) is 14.1. The number of carbonyl (C=O) groups excluding carboxylic acids is 1. The Balaban J connectivity index is 1.77. The Labute approximate surface area is 180 Å². The van der Waals surface area contributed by atoms with Gasteiger partial charge in [-0.3, -0.25) is 4.79 Å². The fourth-order valence-corrected chi connectivity index (χ4v) is 2.61. The molecule has 9 heteroatoms. The first-order valence-corrected chi connectivity index (χ1v) is 8.11. The number of rotatable bonds is 4. The highest BCUT2D eigenvalue weighted by molar-refractivity contribution is 5.91. The summed E-state index contributed by atoms with van der Waals surface area (Å²) in [5, 5.41) is -0.120. The summed E-state index contributed by atoms with van der Waals surface area (Å²) in [6.45, 7) is -10.6. The van der Waals surface area contributed by atoms with E-state index in [0.29, 0.717) is 9.80 Å². The van der Waals surface area contributed by atoms with Crippen molar-refractivity contribution in [3.05, 3.63) is 12.1 Å². The van der Waals surface area contributed by atoms with E-state index < -0.39 is 63.3 Å². The molecule has 0 radical (unpaired) electrons. The van der Waals surface area contributed by atoms with Crippen LogP contribution in [-0.2, 0) is 9.53 Å². The lowest BCUT2D eigenvalue weighted by Crippen LogP contribution is -2.51. The van der Waals surface area contributed by atoms with Gasteiger partial charge in [0.2, 0.25) is 5.95 Å². The molecule has 0 spiro atoms. The minimum atomic E-state index is -3.24. The largest absolute Gasteiger partial charge is 0.493 e. The van der Waals surface area contributed by atoms with Gasteiger partial charge in [0.05, 0.1) is 30.7 Å². The van der Waals surface area contributed by atoms with Crippen LogP contribution in [0.1, 0.15) is 29.2 Å². The standard InChI is InChI=1S/C19H25N5O4/c1-26-15-10-12-13(11-16(15)27-2)21-19(22-17(12)20)24-7-5-23(6-8-24)18(25)14-4-3-9-28-14/h10-11,14H,3-9H2,1-2H3,(H2,20,21,22)/i3D2,4D2,7D2,8D2,9D2,10D,11D. The van der Waals surface area contributed by atoms with E-state index >= 15 is 0 Å². The quantitative estimate of drug-likeness (QED) is 0.814. The molecule has 4 rings (SSSR count). The molecule has 2 saturated heterocycles. The van der Waals surface area contributed by atoms with Crippen LogP contribution in [0.25, 0.3) is 10.9 Å². The number of nitrogen functional groups attached to an aromatic ring is 1. The van der Waals surface area contributed by atoms with Crippen LogP contribution in [-0.4, -0.2) is 73.7 Å². The summed E-state index contributed by atoms with van der Waals surface area (Å²) in [5.74, 6) is -2.65. The summed E-state index contributed by atoms with van der Waals surface area (Å²) in [4.78, 5) is 22.4. The number of nitrogens with zero attached hydrogens (tertiary/aromatic N) is 4. The van der Waals surface area contributed by atoms with Crippen LogP contribution >= 0.6 is 0 Å². The first kappa shape index (κ1) is 9.13. The summed E-state index contributed by atoms with van der Waals surface area (Å²) in [6.07, 6.45) is -8.74. The van der Waals surface area contributed by atoms with Gasteiger partial charge >= 0.3 is 0 Å². The highest BCUT2D eigenvalue weighted by atomic mass is 16.5. The van der Waals surface area contributed by atoms with Crippen molar-refractivity contribution in [1.82, 2.24) is 14.9 Å². The van der Waals surface area contributed by atoms with Gasteiger partial charge in [0.1, 0.15) is 11.9 Å². The van der Waals surface area contributed by atoms with Crippen LogP contribution in [0.2, 0.25) is 0 Å². The van der Waals surface area contributed by atoms with Crippen molar-refractivity contribution in [1.29, 1.82) is 0 Å². The summed E-state index contributed by atoms with van der Waals surface area (Å²) >= 11 is 0. The van der Waals surface area contributed by atoms with Gasteiger partial charge in [-0.2, -0.15) is 4.98 Å². The van der Waals surface area contributed by atoms with Crippen LogP contribution in [0, 0.1) is 0 Å². The number of hydrogen-bond donors (Lipinski definition) is 1. The fourth-order valence-electron chi connectivity index (χ4n) is 2.61. The maximum absolute atomic E-state index is 13.2. The number of carbonyl (C=O) groups is 1. The van der Waals surface area contributed by atoms with Crippen molar-refractivity contribution < 1.29 is 35.5 Å². The smallest absolute Gasteiger partial charge is 0.251 e. The van der Waals surface area contributed by atoms with E-state index in [4.69, 9.17) is 36.4 Å². The van der Waals surface area contributed by atoms with Gasteiger partial charge in [0.25, 0.3) is 5.91 Å². The maximum atomic E-state index is 13.2. The van der Waals surface area contributed by atoms with Gasteiger partial charge in [-0.15, -0.1) is 0 Å². The number of methoxy groups -OCH3 is 2. The Morgan fingerprint density at radius 3 is 2.64 bits per heavy atom. The molecule has 2 fully saturated rings. The highest BCUT2D eigenvalue weighted by Gasteiger charge is 2.31. The number of amides is 1. The number of hydrogen-bond acceptors (Lipinski definition) is 8. The van der Waals surface area contributed by atoms with E-state index in [1.54, 1.807) is 0 Å². The topological polar surface area (TPSA) is 103 Å². The minimum absolute atomic E-state index is 0.120. The summed E-state index contributed by atoms with van der Waals surface area (Å²) in [7, 11) is 2.48. The first-order chi connectivity index (χ1) is 18.2. The Hall–Kier alpha value is -2.81. The second-order valence-corrected chi connectivity index (χ2v) is 5.66. The Morgan fingerprint density at radius 1 is 1.29 bits per heavy atom. The lowest BCUT2D eigenvalue weighted by atomic mass is 10.2. The van der Waals surface area contributed by atoms with E-state index in [1.807, 2.05) is 0 Å². The average Bonchev–Trinajstić information content (AvgIpc) is 2.94. The number of aromatic nitrogens is 2. The number of nitrogens with two attached hydrogens (primary N) is 1. The Bertz CT molecular complexity index is 1370. The van der Waals surface area contributed by atoms with Crippen molar-refractivity contribution in [2.75, 3.05) is 57.5 Å². The van der Waals surface area contributed by atoms with Gasteiger partial charge in [-0.1, -0.05) is 0 Å². The molecule has 2 N–H and O–H groups in total. The fraction of sp³-hybridized carbons (Fsp3) is 0.526. The van der Waals surface area contributed by atoms with Crippen molar-refractivity contribution in [3.63, 3.8) is 0 Å². The molecule has 28 heavy (non-hydrogen) atoms. The molecule has 150 valence electrons. The molecule has 9 nitrogen and oxygen atoms in total. The van der Waals surface area contributed by atoms with E-state index in [9.17, 15) is 4.79 Å². The van der Waals surface area contributed by atoms with Gasteiger partial charge in [-0.05, 0) is 18.8 Å². The van der Waals surface area contributed by atoms with E-state index in [-0.39, 0.29) is 40.3 Å². The van der Waals surface area contributed by atoms with Crippen LogP contribution < -0.4 is 20.1 Å². The molecule has 2 aliphatic rings. The molecule has 1 aromatic heterocycles. The third-order valence-electron chi connectivity index (χ3n) is 4.02. The van der Waals surface area contributed by atoms with Crippen molar-refractivity contribution >= 4 is 28.6 Å². The zero-order chi connectivity index (χ0) is 30.4. The summed E-state index contributed by atoms with van der Waals surface area (Å²) in [6, 6.07) is -0.707. The molecule has 2 aliphatic heterocycles. The van der Waals surface area contributed by atoms with Crippen LogP contribution in [0.3, 0.4) is 0 Å². The van der Waals surface area contributed by atoms with Gasteiger partial charge in [0, 0.05) is 49.6 Å². The molecule has 2 aromatic rings. The minimum Gasteiger partial charge on any atom is -0.493 e. The van der Waals surface area contributed by atoms with E-state index in [0.717, 1.165) is 0 Å². The molecule has 0 saturated carbocycles. The molecule has 1 aromatic carbocycles. The molecular weight excluding hydrogens is 362 g/mol. The zero-order valence-corrected chi connectivity index (χ0v) is 15.0. The number of benzene rings is 1. The van der Waals surface area contributed by atoms with Crippen molar-refractivity contribution in [3.8, 4) is 11.5 Å². The molecule has 0 aliphatic carbocycles. The van der Waals surface area contributed by atoms with Crippen molar-refractivity contribution in [2.24, 2.45) is 0 Å². The normalized spacial score (nSPS) is 35.1. The third kappa shape index (κ3) is 3.37. The van der Waals surface area contributed by atoms with Gasteiger partial charge in [-0.25, -0.2) is 4.98 Å². The average molecular weight is 400 g/mol. The molecule has 1 amide bonds. The third-order valence-corrected chi connectivity index (χ3v) is 4.02. The maximum Gasteiger partial charge on any atom is 0.251 e. The molecule has 3 heterocycles. The predicted molar refractivity (Wildman–Crippen MR) is 105 cm³/mol. The van der Waals surface area contributed by atoms with Gasteiger partial charge < -0.3 is 29.7 Å². The zero-order valence-electron chi connectivity index (χ0n) is 27.0. The predicted octanol–water partition coefficient (Wildman–Crippen LogP) is 1.06. The Morgan fingerprint density at radius 2 is 2.00 bits per heavy atom. The lowest BCUT2D eigenvalue weighted by molar-refractivity contribution is -0.141. The summed E-state index contributed by atoms with van der Waals surface area (Å²) in [5.41, 5.74) is 5.79. The number of piperazine rings is 1. The molecule has 1 unspecified atom stereocenters. The lowest BCUT2D eigenvalue weighted by Gasteiger charge is -2.35. The highest BCUT2D eigenvalue weighted by Crippen LogP contribution is 2.34. The van der Waals surface area contributed by atoms with E-state index in [1.165, 1.54) is 14.2 Å². The monoisotopic (exact) mass is 399 g/mol. The van der Waals surface area contributed by atoms with Gasteiger partial charge in [0.15, 0.2) is 11.5 Å². The van der Waals surface area contributed by atoms with Crippen LogP contribution in [0.15, 0.2) is 12.1 Å². The summed E-state index contributed by atoms with van der Waals surface area (Å²) < 4.78 is 113. The second-order valence-electron chi connectivity index (χ2n) is 5.66. The van der Waals surface area contributed by atoms with Crippen molar-refractivity contribution in [2.45, 2.75) is 18.8 Å². The van der Waals surface area contributed by atoms with Crippen LogP contribution in [0.5, 0.6) is 11.5 Å². The SMILES string of the molecule is [2H]c1c(OC)c(OC)c([2H])c2c(N)nc(N3C([2H])([2H])CN(C(=O)C4OC([2H])([2H])C([2H])([2H])C4([2H])[2H])CC3([2H])[2H])nc12. The van der Waals surface area contributed by atoms with E-state index in [2.05, 4.69) is 9.97 Å². The Kier molecular flexibility index (Phi) is 2.50. The van der Waals surface area contributed by atoms with Crippen LogP contribution in [0.4, 0.5) is 11.8 Å².